The van der Waals surface area contributed by atoms with Crippen LogP contribution in [0.15, 0.2) is 51.4 Å². The van der Waals surface area contributed by atoms with Crippen LogP contribution in [0.25, 0.3) is 0 Å². The molecule has 19 heavy (non-hydrogen) atoms. The third kappa shape index (κ3) is 3.67. The lowest BCUT2D eigenvalue weighted by Crippen LogP contribution is -1.98. The van der Waals surface area contributed by atoms with E-state index in [-0.39, 0.29) is 5.78 Å². The maximum Gasteiger partial charge on any atom is 0.160 e. The van der Waals surface area contributed by atoms with Crippen LogP contribution in [-0.4, -0.2) is 5.78 Å². The number of halogens is 2. The van der Waals surface area contributed by atoms with Crippen molar-refractivity contribution in [2.45, 2.75) is 13.5 Å². The first-order valence-electron chi connectivity index (χ1n) is 5.74. The Morgan fingerprint density at radius 3 is 2.47 bits per heavy atom. The molecular weight excluding hydrogens is 372 g/mol. The Labute approximate surface area is 129 Å². The largest absolute Gasteiger partial charge is 0.489 e. The van der Waals surface area contributed by atoms with Crippen LogP contribution >= 0.6 is 31.9 Å². The van der Waals surface area contributed by atoms with E-state index in [1.54, 1.807) is 19.1 Å². The molecule has 0 spiro atoms. The molecule has 0 bridgehead atoms. The molecule has 0 aliphatic carbocycles. The van der Waals surface area contributed by atoms with Crippen LogP contribution in [-0.2, 0) is 6.61 Å². The Bertz CT molecular complexity index is 609. The lowest BCUT2D eigenvalue weighted by atomic mass is 10.1. The number of hydrogen-bond acceptors (Lipinski definition) is 2. The molecule has 2 aromatic carbocycles. The summed E-state index contributed by atoms with van der Waals surface area (Å²) >= 11 is 6.86. The SMILES string of the molecule is CC(=O)c1ccc(OCc2ccccc2Br)cc1Br. The fraction of sp³-hybridized carbons (Fsp3) is 0.133. The molecule has 0 heterocycles. The predicted molar refractivity (Wildman–Crippen MR) is 82.6 cm³/mol. The van der Waals surface area contributed by atoms with Crippen molar-refractivity contribution < 1.29 is 9.53 Å². The molecule has 0 aliphatic heterocycles. The lowest BCUT2D eigenvalue weighted by molar-refractivity contribution is 0.101. The summed E-state index contributed by atoms with van der Waals surface area (Å²) < 4.78 is 7.49. The Morgan fingerprint density at radius 1 is 1.11 bits per heavy atom. The van der Waals surface area contributed by atoms with E-state index >= 15 is 0 Å². The van der Waals surface area contributed by atoms with Crippen LogP contribution in [0.4, 0.5) is 0 Å². The molecule has 0 amide bonds. The van der Waals surface area contributed by atoms with Crippen molar-refractivity contribution in [2.75, 3.05) is 0 Å². The first-order chi connectivity index (χ1) is 9.08. The van der Waals surface area contributed by atoms with Gasteiger partial charge in [0, 0.05) is 20.1 Å². The third-order valence-corrected chi connectivity index (χ3v) is 4.10. The minimum Gasteiger partial charge on any atom is -0.489 e. The molecule has 0 aromatic heterocycles. The van der Waals surface area contributed by atoms with Gasteiger partial charge in [-0.05, 0) is 47.1 Å². The van der Waals surface area contributed by atoms with Crippen molar-refractivity contribution >= 4 is 37.6 Å². The van der Waals surface area contributed by atoms with Gasteiger partial charge in [-0.1, -0.05) is 34.1 Å². The highest BCUT2D eigenvalue weighted by atomic mass is 79.9. The van der Waals surface area contributed by atoms with Gasteiger partial charge < -0.3 is 4.74 Å². The quantitative estimate of drug-likeness (QED) is 0.695. The van der Waals surface area contributed by atoms with Gasteiger partial charge in [-0.25, -0.2) is 0 Å². The fourth-order valence-corrected chi connectivity index (χ4v) is 2.68. The normalized spacial score (nSPS) is 10.3. The van der Waals surface area contributed by atoms with E-state index in [4.69, 9.17) is 4.74 Å². The number of Topliss-reactive ketones (excluding diaryl/α,β-unsaturated/α-hetero) is 1. The number of rotatable bonds is 4. The van der Waals surface area contributed by atoms with Crippen LogP contribution in [0.3, 0.4) is 0 Å². The maximum atomic E-state index is 11.3. The molecular formula is C15H12Br2O2. The number of carbonyl (C=O) groups is 1. The highest BCUT2D eigenvalue weighted by Gasteiger charge is 2.07. The van der Waals surface area contributed by atoms with E-state index in [0.717, 1.165) is 20.3 Å². The maximum absolute atomic E-state index is 11.3. The van der Waals surface area contributed by atoms with E-state index in [9.17, 15) is 4.79 Å². The smallest absolute Gasteiger partial charge is 0.160 e. The summed E-state index contributed by atoms with van der Waals surface area (Å²) in [5, 5.41) is 0. The van der Waals surface area contributed by atoms with Gasteiger partial charge in [-0.2, -0.15) is 0 Å². The highest BCUT2D eigenvalue weighted by molar-refractivity contribution is 9.10. The average molecular weight is 384 g/mol. The summed E-state index contributed by atoms with van der Waals surface area (Å²) in [5.74, 6) is 0.761. The minimum atomic E-state index is 0.0317. The Hall–Kier alpha value is -1.13. The van der Waals surface area contributed by atoms with Gasteiger partial charge in [-0.15, -0.1) is 0 Å². The van der Waals surface area contributed by atoms with Crippen LogP contribution in [0.1, 0.15) is 22.8 Å². The fourth-order valence-electron chi connectivity index (χ4n) is 1.65. The first-order valence-corrected chi connectivity index (χ1v) is 7.33. The molecule has 0 saturated heterocycles. The van der Waals surface area contributed by atoms with Crippen molar-refractivity contribution in [1.29, 1.82) is 0 Å². The Balaban J connectivity index is 2.11. The van der Waals surface area contributed by atoms with Gasteiger partial charge in [0.05, 0.1) is 0 Å². The van der Waals surface area contributed by atoms with E-state index in [0.29, 0.717) is 12.2 Å². The van der Waals surface area contributed by atoms with E-state index < -0.39 is 0 Å². The molecule has 0 radical (unpaired) electrons. The molecule has 0 aliphatic rings. The second kappa shape index (κ2) is 6.35. The summed E-state index contributed by atoms with van der Waals surface area (Å²) in [7, 11) is 0. The van der Waals surface area contributed by atoms with Crippen molar-refractivity contribution in [3.8, 4) is 5.75 Å². The molecule has 0 saturated carbocycles. The summed E-state index contributed by atoms with van der Waals surface area (Å²) in [5.41, 5.74) is 1.74. The van der Waals surface area contributed by atoms with Crippen LogP contribution in [0.2, 0.25) is 0 Å². The van der Waals surface area contributed by atoms with Gasteiger partial charge in [0.1, 0.15) is 12.4 Å². The molecule has 2 aromatic rings. The standard InChI is InChI=1S/C15H12Br2O2/c1-10(18)13-7-6-12(8-15(13)17)19-9-11-4-2-3-5-14(11)16/h2-8H,9H2,1H3. The van der Waals surface area contributed by atoms with E-state index in [1.807, 2.05) is 30.3 Å². The monoisotopic (exact) mass is 382 g/mol. The zero-order valence-corrected chi connectivity index (χ0v) is 13.5. The van der Waals surface area contributed by atoms with Gasteiger partial charge in [-0.3, -0.25) is 4.79 Å². The van der Waals surface area contributed by atoms with Crippen molar-refractivity contribution in [2.24, 2.45) is 0 Å². The average Bonchev–Trinajstić information content (AvgIpc) is 2.37. The van der Waals surface area contributed by atoms with Gasteiger partial charge in [0.25, 0.3) is 0 Å². The zero-order valence-electron chi connectivity index (χ0n) is 10.3. The second-order valence-electron chi connectivity index (χ2n) is 4.08. The molecule has 2 nitrogen and oxygen atoms in total. The topological polar surface area (TPSA) is 26.3 Å². The van der Waals surface area contributed by atoms with Gasteiger partial charge in [0.15, 0.2) is 5.78 Å². The first kappa shape index (κ1) is 14.3. The summed E-state index contributed by atoms with van der Waals surface area (Å²) in [4.78, 5) is 11.3. The van der Waals surface area contributed by atoms with Crippen LogP contribution < -0.4 is 4.74 Å². The Kier molecular flexibility index (Phi) is 4.77. The van der Waals surface area contributed by atoms with E-state index in [1.165, 1.54) is 0 Å². The number of hydrogen-bond donors (Lipinski definition) is 0. The van der Waals surface area contributed by atoms with Crippen LogP contribution in [0, 0.1) is 0 Å². The molecule has 98 valence electrons. The molecule has 4 heteroatoms. The minimum absolute atomic E-state index is 0.0317. The predicted octanol–water partition coefficient (Wildman–Crippen LogP) is 4.99. The molecule has 2 rings (SSSR count). The molecule has 0 fully saturated rings. The van der Waals surface area contributed by atoms with Crippen molar-refractivity contribution in [3.05, 3.63) is 62.5 Å². The second-order valence-corrected chi connectivity index (χ2v) is 5.79. The van der Waals surface area contributed by atoms with Crippen LogP contribution in [0.5, 0.6) is 5.75 Å². The summed E-state index contributed by atoms with van der Waals surface area (Å²) in [6, 6.07) is 13.3. The van der Waals surface area contributed by atoms with E-state index in [2.05, 4.69) is 31.9 Å². The number of ketones is 1. The Morgan fingerprint density at radius 2 is 1.84 bits per heavy atom. The summed E-state index contributed by atoms with van der Waals surface area (Å²) in [6.07, 6.45) is 0. The zero-order chi connectivity index (χ0) is 13.8. The van der Waals surface area contributed by atoms with Gasteiger partial charge in [0.2, 0.25) is 0 Å². The number of ether oxygens (including phenoxy) is 1. The lowest BCUT2D eigenvalue weighted by Gasteiger charge is -2.09. The van der Waals surface area contributed by atoms with Crippen molar-refractivity contribution in [1.82, 2.24) is 0 Å². The third-order valence-electron chi connectivity index (χ3n) is 2.67. The van der Waals surface area contributed by atoms with Crippen molar-refractivity contribution in [3.63, 3.8) is 0 Å². The molecule has 0 unspecified atom stereocenters. The van der Waals surface area contributed by atoms with Gasteiger partial charge >= 0.3 is 0 Å². The highest BCUT2D eigenvalue weighted by Crippen LogP contribution is 2.25. The summed E-state index contributed by atoms with van der Waals surface area (Å²) in [6.45, 7) is 2.02. The molecule has 0 N–H and O–H groups in total. The molecule has 0 atom stereocenters. The number of carbonyl (C=O) groups excluding carboxylic acids is 1. The number of benzene rings is 2.